The van der Waals surface area contributed by atoms with Gasteiger partial charge in [0.2, 0.25) is 5.91 Å². The lowest BCUT2D eigenvalue weighted by atomic mass is 9.75. The molecule has 1 heterocycles. The Labute approximate surface area is 199 Å². The molecule has 1 N–H and O–H groups in total. The Bertz CT molecular complexity index is 1230. The fourth-order valence-electron chi connectivity index (χ4n) is 4.96. The van der Waals surface area contributed by atoms with Crippen molar-refractivity contribution in [3.05, 3.63) is 71.3 Å². The fraction of sp³-hybridized carbons (Fsp3) is 0.423. The van der Waals surface area contributed by atoms with Gasteiger partial charge in [-0.1, -0.05) is 32.9 Å². The summed E-state index contributed by atoms with van der Waals surface area (Å²) in [5.41, 5.74) is -0.540. The Morgan fingerprint density at radius 1 is 1.15 bits per heavy atom. The van der Waals surface area contributed by atoms with Gasteiger partial charge in [-0.15, -0.1) is 0 Å². The number of amides is 1. The lowest BCUT2D eigenvalue weighted by Crippen LogP contribution is -2.49. The Balaban J connectivity index is 1.84. The molecule has 5 nitrogen and oxygen atoms in total. The van der Waals surface area contributed by atoms with E-state index in [2.05, 4.69) is 0 Å². The topological polar surface area (TPSA) is 66.8 Å². The standard InChI is InChI=1S/C26H30F2NO4P/c1-24(2,3)26(11-12-26)23(30)29-16-17(21-14-19(27)9-10-22(21)28)15-25(29,4)18-7-6-8-20(13-18)33-34(5,31)32/h6-10,13-15H,11-12,16H2,1-5H3,(H,31,32). The van der Waals surface area contributed by atoms with Crippen LogP contribution in [0.15, 0.2) is 48.5 Å². The maximum atomic E-state index is 14.7. The van der Waals surface area contributed by atoms with Gasteiger partial charge in [-0.2, -0.15) is 0 Å². The SMILES string of the molecule is CC1(c2cccc(OP(C)(=O)O)c2)C=C(c2cc(F)ccc2F)CN1C(=O)C1(C(C)(C)C)CC1. The molecule has 2 aromatic rings. The second kappa shape index (κ2) is 8.03. The average Bonchev–Trinajstić information content (AvgIpc) is 3.47. The van der Waals surface area contributed by atoms with Crippen LogP contribution in [0.25, 0.3) is 5.57 Å². The number of hydrogen-bond acceptors (Lipinski definition) is 3. The number of rotatable bonds is 5. The van der Waals surface area contributed by atoms with E-state index in [1.807, 2.05) is 27.7 Å². The maximum Gasteiger partial charge on any atom is 0.373 e. The minimum absolute atomic E-state index is 0.0415. The van der Waals surface area contributed by atoms with Crippen molar-refractivity contribution < 1.29 is 27.6 Å². The summed E-state index contributed by atoms with van der Waals surface area (Å²) in [6.45, 7) is 9.18. The Morgan fingerprint density at radius 3 is 2.41 bits per heavy atom. The number of nitrogens with zero attached hydrogens (tertiary/aromatic N) is 1. The molecule has 0 bridgehead atoms. The van der Waals surface area contributed by atoms with Crippen LogP contribution >= 0.6 is 7.60 Å². The van der Waals surface area contributed by atoms with Crippen LogP contribution in [-0.2, 0) is 14.9 Å². The summed E-state index contributed by atoms with van der Waals surface area (Å²) in [5, 5.41) is 0. The molecule has 2 atom stereocenters. The second-order valence-electron chi connectivity index (χ2n) is 10.6. The zero-order valence-electron chi connectivity index (χ0n) is 20.1. The molecule has 1 aliphatic heterocycles. The molecule has 2 aromatic carbocycles. The van der Waals surface area contributed by atoms with Crippen LogP contribution in [0.2, 0.25) is 0 Å². The van der Waals surface area contributed by atoms with Crippen molar-refractivity contribution in [2.24, 2.45) is 10.8 Å². The van der Waals surface area contributed by atoms with Gasteiger partial charge in [0.05, 0.1) is 11.0 Å². The van der Waals surface area contributed by atoms with Gasteiger partial charge in [0, 0.05) is 18.8 Å². The maximum absolute atomic E-state index is 14.7. The van der Waals surface area contributed by atoms with Crippen molar-refractivity contribution in [3.8, 4) is 5.75 Å². The van der Waals surface area contributed by atoms with E-state index in [1.54, 1.807) is 35.2 Å². The largest absolute Gasteiger partial charge is 0.425 e. The zero-order valence-corrected chi connectivity index (χ0v) is 21.0. The van der Waals surface area contributed by atoms with Crippen LogP contribution < -0.4 is 4.52 Å². The molecule has 0 saturated heterocycles. The first-order valence-corrected chi connectivity index (χ1v) is 13.3. The number of hydrogen-bond donors (Lipinski definition) is 1. The Hall–Kier alpha value is -2.50. The Kier molecular flexibility index (Phi) is 5.81. The molecule has 1 saturated carbocycles. The van der Waals surface area contributed by atoms with Crippen LogP contribution in [0, 0.1) is 22.5 Å². The molecule has 1 aliphatic carbocycles. The minimum Gasteiger partial charge on any atom is -0.425 e. The van der Waals surface area contributed by atoms with Crippen molar-refractivity contribution in [2.75, 3.05) is 13.2 Å². The van der Waals surface area contributed by atoms with Gasteiger partial charge >= 0.3 is 7.60 Å². The molecule has 182 valence electrons. The van der Waals surface area contributed by atoms with E-state index >= 15 is 0 Å². The Morgan fingerprint density at radius 2 is 1.82 bits per heavy atom. The summed E-state index contributed by atoms with van der Waals surface area (Å²) in [5.74, 6) is -0.977. The van der Waals surface area contributed by atoms with Crippen molar-refractivity contribution >= 4 is 19.1 Å². The van der Waals surface area contributed by atoms with E-state index in [1.165, 1.54) is 0 Å². The van der Waals surface area contributed by atoms with Crippen LogP contribution in [0.3, 0.4) is 0 Å². The highest BCUT2D eigenvalue weighted by molar-refractivity contribution is 7.52. The number of carbonyl (C=O) groups is 1. The predicted molar refractivity (Wildman–Crippen MR) is 127 cm³/mol. The van der Waals surface area contributed by atoms with Crippen molar-refractivity contribution in [3.63, 3.8) is 0 Å². The van der Waals surface area contributed by atoms with Gasteiger partial charge in [0.25, 0.3) is 0 Å². The highest BCUT2D eigenvalue weighted by Crippen LogP contribution is 2.61. The van der Waals surface area contributed by atoms with E-state index in [9.17, 15) is 23.0 Å². The molecule has 0 radical (unpaired) electrons. The van der Waals surface area contributed by atoms with Gasteiger partial charge < -0.3 is 14.3 Å². The highest BCUT2D eigenvalue weighted by Gasteiger charge is 2.61. The third-order valence-corrected chi connectivity index (χ3v) is 7.70. The van der Waals surface area contributed by atoms with Crippen LogP contribution in [0.5, 0.6) is 5.75 Å². The number of carbonyl (C=O) groups excluding carboxylic acids is 1. The summed E-state index contributed by atoms with van der Waals surface area (Å²) in [6, 6.07) is 9.94. The number of benzene rings is 2. The highest BCUT2D eigenvalue weighted by atomic mass is 31.2. The quantitative estimate of drug-likeness (QED) is 0.514. The molecule has 1 amide bonds. The monoisotopic (exact) mass is 489 g/mol. The average molecular weight is 489 g/mol. The minimum atomic E-state index is -3.79. The summed E-state index contributed by atoms with van der Waals surface area (Å²) < 4.78 is 45.7. The van der Waals surface area contributed by atoms with E-state index in [0.717, 1.165) is 37.7 Å². The van der Waals surface area contributed by atoms with Crippen LogP contribution in [0.1, 0.15) is 51.7 Å². The lowest BCUT2D eigenvalue weighted by molar-refractivity contribution is -0.144. The van der Waals surface area contributed by atoms with Gasteiger partial charge in [0.1, 0.15) is 17.4 Å². The van der Waals surface area contributed by atoms with Crippen LogP contribution in [-0.4, -0.2) is 28.9 Å². The molecule has 2 unspecified atom stereocenters. The summed E-state index contributed by atoms with van der Waals surface area (Å²) in [4.78, 5) is 25.4. The molecular weight excluding hydrogens is 459 g/mol. The number of halogens is 2. The van der Waals surface area contributed by atoms with Gasteiger partial charge in [-0.3, -0.25) is 4.79 Å². The van der Waals surface area contributed by atoms with Gasteiger partial charge in [-0.05, 0) is 72.7 Å². The van der Waals surface area contributed by atoms with Crippen molar-refractivity contribution in [2.45, 2.75) is 46.1 Å². The van der Waals surface area contributed by atoms with E-state index in [0.29, 0.717) is 11.1 Å². The molecule has 2 aliphatic rings. The summed E-state index contributed by atoms with van der Waals surface area (Å²) in [6.07, 6.45) is 3.31. The molecule has 4 rings (SSSR count). The second-order valence-corrected chi connectivity index (χ2v) is 12.4. The fourth-order valence-corrected chi connectivity index (χ4v) is 5.46. The summed E-state index contributed by atoms with van der Waals surface area (Å²) in [7, 11) is -3.79. The lowest BCUT2D eigenvalue weighted by Gasteiger charge is -2.41. The first-order chi connectivity index (χ1) is 15.7. The third-order valence-electron chi connectivity index (χ3n) is 7.15. The third kappa shape index (κ3) is 4.32. The summed E-state index contributed by atoms with van der Waals surface area (Å²) >= 11 is 0. The van der Waals surface area contributed by atoms with Crippen molar-refractivity contribution in [1.29, 1.82) is 0 Å². The van der Waals surface area contributed by atoms with Crippen LogP contribution in [0.4, 0.5) is 8.78 Å². The first-order valence-electron chi connectivity index (χ1n) is 11.3. The first kappa shape index (κ1) is 24.6. The van der Waals surface area contributed by atoms with E-state index in [-0.39, 0.29) is 29.2 Å². The van der Waals surface area contributed by atoms with Gasteiger partial charge in [0.15, 0.2) is 0 Å². The smallest absolute Gasteiger partial charge is 0.373 e. The molecule has 34 heavy (non-hydrogen) atoms. The molecule has 8 heteroatoms. The molecule has 1 fully saturated rings. The van der Waals surface area contributed by atoms with Crippen molar-refractivity contribution in [1.82, 2.24) is 4.90 Å². The normalized spacial score (nSPS) is 23.3. The molecule has 0 aromatic heterocycles. The van der Waals surface area contributed by atoms with E-state index < -0.39 is 30.2 Å². The van der Waals surface area contributed by atoms with E-state index in [4.69, 9.17) is 4.52 Å². The predicted octanol–water partition coefficient (Wildman–Crippen LogP) is 6.13. The molecule has 0 spiro atoms. The van der Waals surface area contributed by atoms with Gasteiger partial charge in [-0.25, -0.2) is 13.3 Å². The zero-order chi connectivity index (χ0) is 25.1. The molecular formula is C26H30F2NO4P.